The predicted octanol–water partition coefficient (Wildman–Crippen LogP) is 5.62. The number of fused-ring (bicyclic) bond motifs is 3. The van der Waals surface area contributed by atoms with Gasteiger partial charge < -0.3 is 19.5 Å². The molecule has 0 radical (unpaired) electrons. The van der Waals surface area contributed by atoms with Crippen molar-refractivity contribution in [3.05, 3.63) is 78.1 Å². The van der Waals surface area contributed by atoms with Gasteiger partial charge in [0.15, 0.2) is 0 Å². The number of amides is 2. The average Bonchev–Trinajstić information content (AvgIpc) is 3.13. The van der Waals surface area contributed by atoms with Crippen LogP contribution in [0.25, 0.3) is 5.69 Å². The second kappa shape index (κ2) is 8.03. The summed E-state index contributed by atoms with van der Waals surface area (Å²) >= 11 is 0. The van der Waals surface area contributed by atoms with E-state index in [2.05, 4.69) is 54.2 Å². The van der Waals surface area contributed by atoms with Crippen LogP contribution in [-0.2, 0) is 6.54 Å². The fraction of sp³-hybridized carbons (Fsp3) is 0.292. The third-order valence-electron chi connectivity index (χ3n) is 5.32. The van der Waals surface area contributed by atoms with E-state index >= 15 is 0 Å². The summed E-state index contributed by atoms with van der Waals surface area (Å²) < 4.78 is 7.70. The molecule has 1 atom stereocenters. The zero-order valence-electron chi connectivity index (χ0n) is 17.1. The minimum atomic E-state index is -0.0997. The number of carbonyl (C=O) groups is 1. The minimum absolute atomic E-state index is 0.0277. The fourth-order valence-electron chi connectivity index (χ4n) is 4.07. The van der Waals surface area contributed by atoms with Crippen LogP contribution in [0, 0.1) is 5.92 Å². The number of benzene rings is 2. The molecule has 0 saturated heterocycles. The molecule has 4 rings (SSSR count). The number of hydrogen-bond acceptors (Lipinski definition) is 2. The lowest BCUT2D eigenvalue weighted by molar-refractivity contribution is 0.162. The van der Waals surface area contributed by atoms with Gasteiger partial charge in [0.05, 0.1) is 24.9 Å². The number of aromatic nitrogens is 1. The summed E-state index contributed by atoms with van der Waals surface area (Å²) in [6.45, 7) is 7.46. The van der Waals surface area contributed by atoms with Gasteiger partial charge in [-0.3, -0.25) is 0 Å². The second-order valence-corrected chi connectivity index (χ2v) is 7.64. The molecule has 0 spiro atoms. The highest BCUT2D eigenvalue weighted by molar-refractivity contribution is 5.90. The Morgan fingerprint density at radius 2 is 1.86 bits per heavy atom. The van der Waals surface area contributed by atoms with Crippen molar-refractivity contribution < 1.29 is 9.53 Å². The molecule has 3 aromatic rings. The van der Waals surface area contributed by atoms with Crippen LogP contribution in [0.15, 0.2) is 66.9 Å². The highest BCUT2D eigenvalue weighted by Gasteiger charge is 2.33. The zero-order valence-corrected chi connectivity index (χ0v) is 17.1. The third kappa shape index (κ3) is 3.73. The highest BCUT2D eigenvalue weighted by Crippen LogP contribution is 2.36. The maximum Gasteiger partial charge on any atom is 0.322 e. The smallest absolute Gasteiger partial charge is 0.322 e. The van der Waals surface area contributed by atoms with Gasteiger partial charge >= 0.3 is 6.03 Å². The molecule has 0 aliphatic carbocycles. The van der Waals surface area contributed by atoms with Crippen molar-refractivity contribution in [2.24, 2.45) is 5.92 Å². The summed E-state index contributed by atoms with van der Waals surface area (Å²) in [6, 6.07) is 19.8. The largest absolute Gasteiger partial charge is 0.494 e. The van der Waals surface area contributed by atoms with E-state index in [1.54, 1.807) is 0 Å². The first kappa shape index (κ1) is 19.1. The monoisotopic (exact) mass is 389 g/mol. The normalized spacial score (nSPS) is 15.4. The Kier molecular flexibility index (Phi) is 5.30. The second-order valence-electron chi connectivity index (χ2n) is 7.64. The summed E-state index contributed by atoms with van der Waals surface area (Å²) in [4.78, 5) is 15.3. The maximum absolute atomic E-state index is 13.4. The molecule has 2 heterocycles. The van der Waals surface area contributed by atoms with Gasteiger partial charge in [-0.25, -0.2) is 4.79 Å². The number of nitrogens with one attached hydrogen (secondary N) is 1. The van der Waals surface area contributed by atoms with Crippen LogP contribution in [0.1, 0.15) is 38.1 Å². The van der Waals surface area contributed by atoms with E-state index in [0.29, 0.717) is 13.2 Å². The Labute approximate surface area is 171 Å². The lowest BCUT2D eigenvalue weighted by Gasteiger charge is -2.33. The van der Waals surface area contributed by atoms with Gasteiger partial charge in [0, 0.05) is 17.6 Å². The van der Waals surface area contributed by atoms with E-state index in [-0.39, 0.29) is 18.0 Å². The van der Waals surface area contributed by atoms with Crippen LogP contribution >= 0.6 is 0 Å². The number of carbonyl (C=O) groups excluding carboxylic acids is 1. The SMILES string of the molecule is CCOc1ccc(NC(=O)N2Cc3ccccc3-n3cccc3C2C(C)C)cc1. The first-order valence-electron chi connectivity index (χ1n) is 10.1. The lowest BCUT2D eigenvalue weighted by Crippen LogP contribution is -2.39. The van der Waals surface area contributed by atoms with Crippen LogP contribution < -0.4 is 10.1 Å². The lowest BCUT2D eigenvalue weighted by atomic mass is 9.99. The summed E-state index contributed by atoms with van der Waals surface area (Å²) in [7, 11) is 0. The average molecular weight is 389 g/mol. The van der Waals surface area contributed by atoms with E-state index in [1.165, 1.54) is 0 Å². The highest BCUT2D eigenvalue weighted by atomic mass is 16.5. The number of urea groups is 1. The van der Waals surface area contributed by atoms with E-state index in [9.17, 15) is 4.79 Å². The molecular weight excluding hydrogens is 362 g/mol. The first-order chi connectivity index (χ1) is 14.1. The van der Waals surface area contributed by atoms with Crippen molar-refractivity contribution in [2.45, 2.75) is 33.4 Å². The van der Waals surface area contributed by atoms with Crippen molar-refractivity contribution in [1.29, 1.82) is 0 Å². The van der Waals surface area contributed by atoms with Crippen LogP contribution in [0.2, 0.25) is 0 Å². The molecule has 5 heteroatoms. The van der Waals surface area contributed by atoms with Gasteiger partial charge in [-0.05, 0) is 60.9 Å². The van der Waals surface area contributed by atoms with Gasteiger partial charge in [-0.2, -0.15) is 0 Å². The van der Waals surface area contributed by atoms with Crippen LogP contribution in [-0.4, -0.2) is 22.1 Å². The fourth-order valence-corrected chi connectivity index (χ4v) is 4.07. The van der Waals surface area contributed by atoms with Gasteiger partial charge in [0.25, 0.3) is 0 Å². The topological polar surface area (TPSA) is 46.5 Å². The number of rotatable bonds is 4. The molecular formula is C24H27N3O2. The van der Waals surface area contributed by atoms with Gasteiger partial charge in [0.1, 0.15) is 5.75 Å². The van der Waals surface area contributed by atoms with Crippen molar-refractivity contribution in [2.75, 3.05) is 11.9 Å². The van der Waals surface area contributed by atoms with Crippen LogP contribution in [0.4, 0.5) is 10.5 Å². The minimum Gasteiger partial charge on any atom is -0.494 e. The summed E-state index contributed by atoms with van der Waals surface area (Å²) in [5.41, 5.74) is 4.16. The predicted molar refractivity (Wildman–Crippen MR) is 116 cm³/mol. The molecule has 5 nitrogen and oxygen atoms in total. The summed E-state index contributed by atoms with van der Waals surface area (Å²) in [6.07, 6.45) is 2.08. The van der Waals surface area contributed by atoms with E-state index in [4.69, 9.17) is 4.74 Å². The van der Waals surface area contributed by atoms with E-state index in [1.807, 2.05) is 48.2 Å². The molecule has 2 aromatic carbocycles. The molecule has 1 unspecified atom stereocenters. The number of anilines is 1. The molecule has 150 valence electrons. The molecule has 0 bridgehead atoms. The van der Waals surface area contributed by atoms with Crippen molar-refractivity contribution in [3.8, 4) is 11.4 Å². The maximum atomic E-state index is 13.4. The molecule has 1 aliphatic heterocycles. The Morgan fingerprint density at radius 1 is 1.10 bits per heavy atom. The Morgan fingerprint density at radius 3 is 2.59 bits per heavy atom. The number of para-hydroxylation sites is 1. The van der Waals surface area contributed by atoms with Crippen molar-refractivity contribution >= 4 is 11.7 Å². The molecule has 1 aromatic heterocycles. The molecule has 1 aliphatic rings. The van der Waals surface area contributed by atoms with Gasteiger partial charge in [-0.15, -0.1) is 0 Å². The Balaban J connectivity index is 1.67. The van der Waals surface area contributed by atoms with Gasteiger partial charge in [0.2, 0.25) is 0 Å². The Bertz CT molecular complexity index is 991. The van der Waals surface area contributed by atoms with Crippen LogP contribution in [0.5, 0.6) is 5.75 Å². The standard InChI is InChI=1S/C24H27N3O2/c1-4-29-20-13-11-19(12-14-20)25-24(28)27-16-18-8-5-6-9-21(18)26-15-7-10-22(26)23(27)17(2)3/h5-15,17,23H,4,16H2,1-3H3,(H,25,28). The van der Waals surface area contributed by atoms with E-state index < -0.39 is 0 Å². The zero-order chi connectivity index (χ0) is 20.4. The first-order valence-corrected chi connectivity index (χ1v) is 10.1. The number of hydrogen-bond donors (Lipinski definition) is 1. The molecule has 29 heavy (non-hydrogen) atoms. The Hall–Kier alpha value is -3.21. The summed E-state index contributed by atoms with van der Waals surface area (Å²) in [5, 5.41) is 3.07. The molecule has 0 fully saturated rings. The molecule has 1 N–H and O–H groups in total. The number of ether oxygens (including phenoxy) is 1. The quantitative estimate of drug-likeness (QED) is 0.629. The van der Waals surface area contributed by atoms with Crippen LogP contribution in [0.3, 0.4) is 0 Å². The third-order valence-corrected chi connectivity index (χ3v) is 5.32. The van der Waals surface area contributed by atoms with Crippen molar-refractivity contribution in [1.82, 2.24) is 9.47 Å². The van der Waals surface area contributed by atoms with E-state index in [0.717, 1.165) is 28.4 Å². The van der Waals surface area contributed by atoms with Crippen molar-refractivity contribution in [3.63, 3.8) is 0 Å². The molecule has 0 saturated carbocycles. The summed E-state index contributed by atoms with van der Waals surface area (Å²) in [5.74, 6) is 1.07. The molecule has 2 amide bonds. The number of nitrogens with zero attached hydrogens (tertiary/aromatic N) is 2. The van der Waals surface area contributed by atoms with Gasteiger partial charge in [-0.1, -0.05) is 32.0 Å².